The molecule has 0 saturated carbocycles. The van der Waals surface area contributed by atoms with Gasteiger partial charge >= 0.3 is 5.97 Å². The van der Waals surface area contributed by atoms with Crippen molar-refractivity contribution in [3.05, 3.63) is 76.8 Å². The van der Waals surface area contributed by atoms with Gasteiger partial charge in [-0.1, -0.05) is 42.5 Å². The van der Waals surface area contributed by atoms with Gasteiger partial charge in [-0.3, -0.25) is 0 Å². The summed E-state index contributed by atoms with van der Waals surface area (Å²) in [6, 6.07) is 16.2. The highest BCUT2D eigenvalue weighted by atomic mass is 32.2. The number of esters is 1. The second kappa shape index (κ2) is 7.80. The van der Waals surface area contributed by atoms with Crippen LogP contribution < -0.4 is 0 Å². The van der Waals surface area contributed by atoms with Crippen LogP contribution >= 0.6 is 11.3 Å². The summed E-state index contributed by atoms with van der Waals surface area (Å²) in [5.74, 6) is -0.503. The maximum Gasteiger partial charge on any atom is 0.338 e. The lowest BCUT2D eigenvalue weighted by atomic mass is 10.1. The van der Waals surface area contributed by atoms with Gasteiger partial charge in [-0.25, -0.2) is 18.2 Å². The van der Waals surface area contributed by atoms with E-state index in [-0.39, 0.29) is 12.4 Å². The Hall–Kier alpha value is -2.51. The summed E-state index contributed by atoms with van der Waals surface area (Å²) in [5.41, 5.74) is 2.05. The highest BCUT2D eigenvalue weighted by Gasteiger charge is 2.11. The standard InChI is InChI=1S/C19H17NO4S2/c1-26(22,23)13-14-7-9-16(10-8-14)19(21)24-12-17-11-20-18(25-17)15-5-3-2-4-6-15/h2-11H,12-13H2,1H3. The van der Waals surface area contributed by atoms with Crippen LogP contribution in [-0.2, 0) is 26.9 Å². The average molecular weight is 387 g/mol. The van der Waals surface area contributed by atoms with E-state index in [9.17, 15) is 13.2 Å². The van der Waals surface area contributed by atoms with Gasteiger partial charge in [-0.15, -0.1) is 11.3 Å². The smallest absolute Gasteiger partial charge is 0.338 e. The first-order valence-corrected chi connectivity index (χ1v) is 10.7. The molecule has 0 aliphatic rings. The summed E-state index contributed by atoms with van der Waals surface area (Å²) >= 11 is 1.48. The molecule has 26 heavy (non-hydrogen) atoms. The molecule has 0 aliphatic heterocycles. The molecule has 0 N–H and O–H groups in total. The Bertz CT molecular complexity index is 994. The van der Waals surface area contributed by atoms with Crippen molar-refractivity contribution in [3.63, 3.8) is 0 Å². The van der Waals surface area contributed by atoms with Crippen molar-refractivity contribution in [2.24, 2.45) is 0 Å². The Morgan fingerprint density at radius 1 is 1.08 bits per heavy atom. The van der Waals surface area contributed by atoms with Crippen LogP contribution in [0.4, 0.5) is 0 Å². The lowest BCUT2D eigenvalue weighted by Crippen LogP contribution is -2.05. The zero-order chi connectivity index (χ0) is 18.6. The van der Waals surface area contributed by atoms with Gasteiger partial charge in [0, 0.05) is 18.0 Å². The highest BCUT2D eigenvalue weighted by molar-refractivity contribution is 7.89. The van der Waals surface area contributed by atoms with E-state index in [0.29, 0.717) is 11.1 Å². The van der Waals surface area contributed by atoms with Crippen molar-refractivity contribution in [1.29, 1.82) is 0 Å². The minimum Gasteiger partial charge on any atom is -0.456 e. The first-order valence-electron chi connectivity index (χ1n) is 7.85. The van der Waals surface area contributed by atoms with Crippen molar-refractivity contribution in [2.75, 3.05) is 6.26 Å². The number of sulfone groups is 1. The van der Waals surface area contributed by atoms with E-state index in [0.717, 1.165) is 15.4 Å². The Morgan fingerprint density at radius 2 is 1.77 bits per heavy atom. The third-order valence-electron chi connectivity index (χ3n) is 3.54. The molecule has 134 valence electrons. The summed E-state index contributed by atoms with van der Waals surface area (Å²) in [5, 5.41) is 0.877. The van der Waals surface area contributed by atoms with Crippen molar-refractivity contribution in [1.82, 2.24) is 4.98 Å². The highest BCUT2D eigenvalue weighted by Crippen LogP contribution is 2.25. The third-order valence-corrected chi connectivity index (χ3v) is 5.42. The molecule has 0 atom stereocenters. The first kappa shape index (κ1) is 18.3. The molecule has 0 radical (unpaired) electrons. The van der Waals surface area contributed by atoms with Gasteiger partial charge in [0.15, 0.2) is 9.84 Å². The number of ether oxygens (including phenoxy) is 1. The van der Waals surface area contributed by atoms with E-state index in [4.69, 9.17) is 4.74 Å². The van der Waals surface area contributed by atoms with Crippen LogP contribution in [0.2, 0.25) is 0 Å². The van der Waals surface area contributed by atoms with Crippen LogP contribution in [0.5, 0.6) is 0 Å². The van der Waals surface area contributed by atoms with Gasteiger partial charge in [-0.05, 0) is 17.7 Å². The van der Waals surface area contributed by atoms with Gasteiger partial charge in [-0.2, -0.15) is 0 Å². The molecule has 1 heterocycles. The van der Waals surface area contributed by atoms with E-state index < -0.39 is 15.8 Å². The summed E-state index contributed by atoms with van der Waals surface area (Å²) in [7, 11) is -3.10. The van der Waals surface area contributed by atoms with Crippen LogP contribution in [0.3, 0.4) is 0 Å². The molecule has 0 bridgehead atoms. The number of carbonyl (C=O) groups excluding carboxylic acids is 1. The zero-order valence-electron chi connectivity index (χ0n) is 14.1. The Balaban J connectivity index is 1.60. The Labute approximate surface area is 156 Å². The van der Waals surface area contributed by atoms with Crippen LogP contribution in [0, 0.1) is 0 Å². The van der Waals surface area contributed by atoms with Gasteiger partial charge in [0.05, 0.1) is 16.2 Å². The lowest BCUT2D eigenvalue weighted by Gasteiger charge is -2.04. The van der Waals surface area contributed by atoms with Crippen molar-refractivity contribution in [2.45, 2.75) is 12.4 Å². The molecule has 0 saturated heterocycles. The maximum absolute atomic E-state index is 12.1. The van der Waals surface area contributed by atoms with Crippen molar-refractivity contribution < 1.29 is 17.9 Å². The van der Waals surface area contributed by atoms with E-state index in [1.807, 2.05) is 30.3 Å². The van der Waals surface area contributed by atoms with Crippen molar-refractivity contribution in [3.8, 4) is 10.6 Å². The lowest BCUT2D eigenvalue weighted by molar-refractivity contribution is 0.0476. The largest absolute Gasteiger partial charge is 0.456 e. The molecule has 7 heteroatoms. The van der Waals surface area contributed by atoms with Gasteiger partial charge in [0.2, 0.25) is 0 Å². The number of thiazole rings is 1. The maximum atomic E-state index is 12.1. The third kappa shape index (κ3) is 5.00. The zero-order valence-corrected chi connectivity index (χ0v) is 15.7. The summed E-state index contributed by atoms with van der Waals surface area (Å²) in [6.07, 6.45) is 2.88. The monoisotopic (exact) mass is 387 g/mol. The second-order valence-corrected chi connectivity index (χ2v) is 9.10. The number of hydrogen-bond acceptors (Lipinski definition) is 6. The number of aromatic nitrogens is 1. The molecule has 2 aromatic carbocycles. The molecule has 0 unspecified atom stereocenters. The molecule has 0 spiro atoms. The van der Waals surface area contributed by atoms with Gasteiger partial charge < -0.3 is 4.74 Å². The van der Waals surface area contributed by atoms with E-state index in [2.05, 4.69) is 4.98 Å². The van der Waals surface area contributed by atoms with Crippen molar-refractivity contribution >= 4 is 27.1 Å². The summed E-state index contributed by atoms with van der Waals surface area (Å²) in [6.45, 7) is 0.147. The minimum absolute atomic E-state index is 0.0501. The molecular weight excluding hydrogens is 370 g/mol. The topological polar surface area (TPSA) is 73.3 Å². The fraction of sp³-hybridized carbons (Fsp3) is 0.158. The fourth-order valence-corrected chi connectivity index (χ4v) is 3.98. The quantitative estimate of drug-likeness (QED) is 0.603. The number of nitrogens with zero attached hydrogens (tertiary/aromatic N) is 1. The normalized spacial score (nSPS) is 11.3. The van der Waals surface area contributed by atoms with E-state index in [1.54, 1.807) is 30.5 Å². The van der Waals surface area contributed by atoms with Gasteiger partial charge in [0.1, 0.15) is 11.6 Å². The number of benzene rings is 2. The first-order chi connectivity index (χ1) is 12.4. The average Bonchev–Trinajstić information content (AvgIpc) is 3.09. The minimum atomic E-state index is -3.10. The number of rotatable bonds is 6. The summed E-state index contributed by atoms with van der Waals surface area (Å²) in [4.78, 5) is 17.3. The predicted molar refractivity (Wildman–Crippen MR) is 102 cm³/mol. The number of carbonyl (C=O) groups is 1. The number of hydrogen-bond donors (Lipinski definition) is 0. The molecule has 0 fully saturated rings. The SMILES string of the molecule is CS(=O)(=O)Cc1ccc(C(=O)OCc2cnc(-c3ccccc3)s2)cc1. The molecule has 1 aromatic heterocycles. The van der Waals surface area contributed by atoms with Crippen LogP contribution in [0.15, 0.2) is 60.8 Å². The van der Waals surface area contributed by atoms with E-state index in [1.165, 1.54) is 17.6 Å². The van der Waals surface area contributed by atoms with Crippen LogP contribution in [0.1, 0.15) is 20.8 Å². The Morgan fingerprint density at radius 3 is 2.42 bits per heavy atom. The van der Waals surface area contributed by atoms with Gasteiger partial charge in [0.25, 0.3) is 0 Å². The van der Waals surface area contributed by atoms with Crippen LogP contribution in [0.25, 0.3) is 10.6 Å². The van der Waals surface area contributed by atoms with Crippen LogP contribution in [-0.4, -0.2) is 25.6 Å². The molecule has 5 nitrogen and oxygen atoms in total. The molecule has 0 amide bonds. The predicted octanol–water partition coefficient (Wildman–Crippen LogP) is 3.71. The molecule has 0 aliphatic carbocycles. The van der Waals surface area contributed by atoms with E-state index >= 15 is 0 Å². The fourth-order valence-electron chi connectivity index (χ4n) is 2.35. The molecular formula is C19H17NO4S2. The Kier molecular flexibility index (Phi) is 5.49. The second-order valence-electron chi connectivity index (χ2n) is 5.84. The molecule has 3 aromatic rings. The summed E-state index contributed by atoms with van der Waals surface area (Å²) < 4.78 is 27.9. The molecule has 3 rings (SSSR count).